The van der Waals surface area contributed by atoms with E-state index in [1.165, 1.54) is 0 Å². The zero-order valence-electron chi connectivity index (χ0n) is 27.5. The maximum absolute atomic E-state index is 16.3. The van der Waals surface area contributed by atoms with E-state index in [0.717, 1.165) is 55.1 Å². The Morgan fingerprint density at radius 1 is 0.260 bits per heavy atom. The van der Waals surface area contributed by atoms with Crippen LogP contribution in [0.15, 0.2) is 194 Å². The van der Waals surface area contributed by atoms with E-state index in [-0.39, 0.29) is 22.6 Å². The van der Waals surface area contributed by atoms with E-state index >= 15 is 9.13 Å². The Kier molecular flexibility index (Phi) is 7.69. The molecule has 4 unspecified atom stereocenters. The van der Waals surface area contributed by atoms with Crippen molar-refractivity contribution in [2.45, 2.75) is 22.6 Å². The Morgan fingerprint density at radius 2 is 0.460 bits per heavy atom. The lowest BCUT2D eigenvalue weighted by Gasteiger charge is -2.30. The average molecular weight is 683 g/mol. The van der Waals surface area contributed by atoms with Crippen molar-refractivity contribution in [2.24, 2.45) is 0 Å². The lowest BCUT2D eigenvalue weighted by atomic mass is 9.95. The minimum atomic E-state index is -3.24. The highest BCUT2D eigenvalue weighted by atomic mass is 31.2. The molecule has 50 heavy (non-hydrogen) atoms. The van der Waals surface area contributed by atoms with E-state index in [2.05, 4.69) is 97.1 Å². The standard InChI is InChI=1S/C46H36O2P2/c47-49(43(33-17-5-1-6-18-33)39-25-13-14-26-40(39)44(49)34-19-7-2-8-20-34)37-29-31-38(32-30-37)50(48)45(35-21-9-3-10-22-35)41-27-15-16-28-42(41)46(50)36-23-11-4-12-24-36/h1-32,43-46H. The average Bonchev–Trinajstić information content (AvgIpc) is 3.62. The summed E-state index contributed by atoms with van der Waals surface area (Å²) < 4.78 is 32.7. The van der Waals surface area contributed by atoms with Crippen LogP contribution in [0.4, 0.5) is 0 Å². The van der Waals surface area contributed by atoms with Crippen molar-refractivity contribution >= 4 is 24.9 Å². The van der Waals surface area contributed by atoms with Crippen molar-refractivity contribution in [3.63, 3.8) is 0 Å². The maximum Gasteiger partial charge on any atom is 0.138 e. The predicted molar refractivity (Wildman–Crippen MR) is 207 cm³/mol. The molecule has 0 radical (unpaired) electrons. The van der Waals surface area contributed by atoms with Gasteiger partial charge in [0, 0.05) is 10.6 Å². The van der Waals surface area contributed by atoms with Crippen LogP contribution < -0.4 is 10.6 Å². The zero-order chi connectivity index (χ0) is 33.7. The first kappa shape index (κ1) is 31.0. The molecule has 9 rings (SSSR count). The summed E-state index contributed by atoms with van der Waals surface area (Å²) in [6, 6.07) is 66.3. The van der Waals surface area contributed by atoms with E-state index in [0.29, 0.717) is 0 Å². The molecule has 0 aromatic heterocycles. The first-order valence-corrected chi connectivity index (χ1v) is 21.0. The van der Waals surface area contributed by atoms with E-state index in [1.54, 1.807) is 0 Å². The third kappa shape index (κ3) is 4.70. The smallest absolute Gasteiger partial charge is 0.138 e. The van der Waals surface area contributed by atoms with Gasteiger partial charge in [-0.3, -0.25) is 0 Å². The van der Waals surface area contributed by atoms with Gasteiger partial charge in [0.05, 0.1) is 22.6 Å². The second-order valence-electron chi connectivity index (χ2n) is 13.4. The topological polar surface area (TPSA) is 34.1 Å². The molecule has 0 spiro atoms. The summed E-state index contributed by atoms with van der Waals surface area (Å²) in [4.78, 5) is 0. The quantitative estimate of drug-likeness (QED) is 0.164. The monoisotopic (exact) mass is 682 g/mol. The molecule has 242 valence electrons. The first-order valence-electron chi connectivity index (χ1n) is 17.3. The molecule has 0 saturated heterocycles. The van der Waals surface area contributed by atoms with Gasteiger partial charge in [0.2, 0.25) is 0 Å². The molecule has 0 saturated carbocycles. The van der Waals surface area contributed by atoms with Crippen LogP contribution in [-0.4, -0.2) is 0 Å². The van der Waals surface area contributed by atoms with Crippen LogP contribution in [0.5, 0.6) is 0 Å². The van der Waals surface area contributed by atoms with Crippen LogP contribution in [0.3, 0.4) is 0 Å². The van der Waals surface area contributed by atoms with Crippen molar-refractivity contribution in [1.29, 1.82) is 0 Å². The third-order valence-electron chi connectivity index (χ3n) is 10.8. The molecule has 7 aromatic rings. The lowest BCUT2D eigenvalue weighted by Crippen LogP contribution is -2.18. The van der Waals surface area contributed by atoms with Crippen molar-refractivity contribution in [2.75, 3.05) is 0 Å². The van der Waals surface area contributed by atoms with E-state index in [4.69, 9.17) is 0 Å². The third-order valence-corrected chi connectivity index (χ3v) is 18.4. The molecular weight excluding hydrogens is 646 g/mol. The van der Waals surface area contributed by atoms with Gasteiger partial charge in [-0.1, -0.05) is 194 Å². The molecular formula is C46H36O2P2. The fourth-order valence-corrected chi connectivity index (χ4v) is 16.9. The minimum Gasteiger partial charge on any atom is -0.317 e. The van der Waals surface area contributed by atoms with E-state index in [9.17, 15) is 0 Å². The summed E-state index contributed by atoms with van der Waals surface area (Å²) in [7, 11) is -6.47. The van der Waals surface area contributed by atoms with Gasteiger partial charge >= 0.3 is 0 Å². The van der Waals surface area contributed by atoms with E-state index < -0.39 is 14.3 Å². The van der Waals surface area contributed by atoms with Crippen LogP contribution >= 0.6 is 14.3 Å². The number of hydrogen-bond acceptors (Lipinski definition) is 2. The van der Waals surface area contributed by atoms with Crippen molar-refractivity contribution in [1.82, 2.24) is 0 Å². The molecule has 2 heterocycles. The summed E-state index contributed by atoms with van der Waals surface area (Å²) >= 11 is 0. The van der Waals surface area contributed by atoms with Gasteiger partial charge in [-0.15, -0.1) is 0 Å². The van der Waals surface area contributed by atoms with Gasteiger partial charge in [-0.2, -0.15) is 0 Å². The predicted octanol–water partition coefficient (Wildman–Crippen LogP) is 11.4. The highest BCUT2D eigenvalue weighted by Crippen LogP contribution is 2.79. The Bertz CT molecular complexity index is 2080. The first-order chi connectivity index (χ1) is 24.6. The van der Waals surface area contributed by atoms with Crippen molar-refractivity contribution in [3.8, 4) is 0 Å². The van der Waals surface area contributed by atoms with Crippen LogP contribution in [0.2, 0.25) is 0 Å². The summed E-state index contributed by atoms with van der Waals surface area (Å²) in [6.45, 7) is 0. The maximum atomic E-state index is 16.3. The molecule has 0 aliphatic carbocycles. The number of benzene rings is 7. The molecule has 0 N–H and O–H groups in total. The second-order valence-corrected chi connectivity index (χ2v) is 19.4. The molecule has 0 fully saturated rings. The van der Waals surface area contributed by atoms with Gasteiger partial charge in [-0.25, -0.2) is 0 Å². The Balaban J connectivity index is 1.25. The molecule has 2 aliphatic heterocycles. The molecule has 4 heteroatoms. The van der Waals surface area contributed by atoms with Crippen LogP contribution in [0, 0.1) is 0 Å². The minimum absolute atomic E-state index is 0.295. The number of hydrogen-bond donors (Lipinski definition) is 0. The second kappa shape index (κ2) is 12.4. The molecule has 7 aromatic carbocycles. The Morgan fingerprint density at radius 3 is 0.680 bits per heavy atom. The number of rotatable bonds is 6. The summed E-state index contributed by atoms with van der Waals surface area (Å²) in [5, 5.41) is 1.63. The van der Waals surface area contributed by atoms with Crippen LogP contribution in [-0.2, 0) is 9.13 Å². The SMILES string of the molecule is O=P1(c2ccc(P3(=O)C(c4ccccc4)c4ccccc4C3c3ccccc3)cc2)C(c2ccccc2)c2ccccc2C1c1ccccc1. The summed E-state index contributed by atoms with van der Waals surface area (Å²) in [5.74, 6) is 0. The molecule has 0 amide bonds. The van der Waals surface area contributed by atoms with Crippen LogP contribution in [0.25, 0.3) is 0 Å². The van der Waals surface area contributed by atoms with Crippen molar-refractivity contribution in [3.05, 3.63) is 239 Å². The fraction of sp³-hybridized carbons (Fsp3) is 0.0870. The number of fused-ring (bicyclic) bond motifs is 2. The Labute approximate surface area is 294 Å². The van der Waals surface area contributed by atoms with Gasteiger partial charge in [0.25, 0.3) is 0 Å². The lowest BCUT2D eigenvalue weighted by molar-refractivity contribution is 0.574. The fourth-order valence-electron chi connectivity index (χ4n) is 8.80. The Hall–Kier alpha value is -5.00. The van der Waals surface area contributed by atoms with Gasteiger partial charge in [0.1, 0.15) is 14.3 Å². The highest BCUT2D eigenvalue weighted by Gasteiger charge is 2.54. The normalized spacial score (nSPS) is 25.1. The summed E-state index contributed by atoms with van der Waals surface area (Å²) in [5.41, 5.74) is 7.51. The van der Waals surface area contributed by atoms with Crippen molar-refractivity contribution < 1.29 is 9.13 Å². The largest absolute Gasteiger partial charge is 0.317 e. The molecule has 2 nitrogen and oxygen atoms in total. The summed E-state index contributed by atoms with van der Waals surface area (Å²) in [6.07, 6.45) is 0. The zero-order valence-corrected chi connectivity index (χ0v) is 29.3. The van der Waals surface area contributed by atoms with Gasteiger partial charge < -0.3 is 9.13 Å². The molecule has 4 atom stereocenters. The van der Waals surface area contributed by atoms with E-state index in [1.807, 2.05) is 97.1 Å². The molecule has 2 aliphatic rings. The van der Waals surface area contributed by atoms with Gasteiger partial charge in [0.15, 0.2) is 0 Å². The highest BCUT2D eigenvalue weighted by molar-refractivity contribution is 7.74. The van der Waals surface area contributed by atoms with Gasteiger partial charge in [-0.05, 0) is 44.5 Å². The van der Waals surface area contributed by atoms with Crippen LogP contribution in [0.1, 0.15) is 67.1 Å². The molecule has 0 bridgehead atoms.